The zero-order chi connectivity index (χ0) is 22.2. The Hall–Kier alpha value is -1.85. The van der Waals surface area contributed by atoms with Crippen LogP contribution >= 0.6 is 0 Å². The molecule has 1 aliphatic carbocycles. The molecular weight excluding hydrogens is 384 g/mol. The van der Waals surface area contributed by atoms with Gasteiger partial charge in [-0.25, -0.2) is 9.59 Å². The highest BCUT2D eigenvalue weighted by Crippen LogP contribution is 2.37. The zero-order valence-corrected chi connectivity index (χ0v) is 18.9. The third-order valence-electron chi connectivity index (χ3n) is 5.68. The van der Waals surface area contributed by atoms with Gasteiger partial charge in [-0.15, -0.1) is 0 Å². The summed E-state index contributed by atoms with van der Waals surface area (Å²) in [6.45, 7) is 8.45. The lowest BCUT2D eigenvalue weighted by Crippen LogP contribution is -2.48. The summed E-state index contributed by atoms with van der Waals surface area (Å²) in [5.41, 5.74) is -1.33. The number of hydrogen-bond donors (Lipinski definition) is 0. The lowest BCUT2D eigenvalue weighted by Gasteiger charge is -2.36. The van der Waals surface area contributed by atoms with Gasteiger partial charge in [0.1, 0.15) is 0 Å². The van der Waals surface area contributed by atoms with Gasteiger partial charge >= 0.3 is 17.9 Å². The molecule has 0 atom stereocenters. The van der Waals surface area contributed by atoms with Crippen LogP contribution in [0.4, 0.5) is 0 Å². The monoisotopic (exact) mass is 424 g/mol. The Balaban J connectivity index is 2.51. The summed E-state index contributed by atoms with van der Waals surface area (Å²) in [7, 11) is 0. The Morgan fingerprint density at radius 1 is 0.867 bits per heavy atom. The number of rotatable bonds is 15. The van der Waals surface area contributed by atoms with E-state index >= 15 is 0 Å². The van der Waals surface area contributed by atoms with Crippen molar-refractivity contribution in [3.63, 3.8) is 0 Å². The number of ether oxygens (including phenoxy) is 3. The quantitative estimate of drug-likeness (QED) is 0.154. The standard InChI is InChI=1S/C24H40O6/c1-4-7-9-11-13-18-28-22(26)20-14-16-24(17-15-20,30-21(25)6-3)23(27)29-19-12-10-8-5-2/h6,20H,3-5,7-19H2,1-2H3. The second kappa shape index (κ2) is 15.0. The van der Waals surface area contributed by atoms with Gasteiger partial charge in [-0.3, -0.25) is 4.79 Å². The summed E-state index contributed by atoms with van der Waals surface area (Å²) in [6.07, 6.45) is 11.9. The maximum absolute atomic E-state index is 12.7. The van der Waals surface area contributed by atoms with Crippen molar-refractivity contribution in [3.05, 3.63) is 12.7 Å². The molecule has 0 heterocycles. The van der Waals surface area contributed by atoms with Crippen molar-refractivity contribution >= 4 is 17.9 Å². The molecule has 0 N–H and O–H groups in total. The highest BCUT2D eigenvalue weighted by atomic mass is 16.6. The third-order valence-corrected chi connectivity index (χ3v) is 5.68. The SMILES string of the molecule is C=CC(=O)OC1(C(=O)OCCCCCC)CCC(C(=O)OCCCCCCC)CC1. The minimum absolute atomic E-state index is 0.220. The normalized spacial score (nSPS) is 20.9. The van der Waals surface area contributed by atoms with Gasteiger partial charge < -0.3 is 14.2 Å². The molecule has 0 amide bonds. The van der Waals surface area contributed by atoms with Crippen LogP contribution in [-0.4, -0.2) is 36.7 Å². The van der Waals surface area contributed by atoms with E-state index in [9.17, 15) is 14.4 Å². The summed E-state index contributed by atoms with van der Waals surface area (Å²) < 4.78 is 16.3. The van der Waals surface area contributed by atoms with Gasteiger partial charge in [0.05, 0.1) is 19.1 Å². The molecule has 1 fully saturated rings. The van der Waals surface area contributed by atoms with Crippen LogP contribution in [0.25, 0.3) is 0 Å². The molecule has 0 aliphatic heterocycles. The Kier molecular flexibility index (Phi) is 13.1. The first-order valence-corrected chi connectivity index (χ1v) is 11.7. The van der Waals surface area contributed by atoms with E-state index in [1.54, 1.807) is 0 Å². The van der Waals surface area contributed by atoms with Crippen molar-refractivity contribution in [1.82, 2.24) is 0 Å². The summed E-state index contributed by atoms with van der Waals surface area (Å²) in [5, 5.41) is 0. The summed E-state index contributed by atoms with van der Waals surface area (Å²) in [4.78, 5) is 36.9. The smallest absolute Gasteiger partial charge is 0.350 e. The molecule has 1 saturated carbocycles. The van der Waals surface area contributed by atoms with Crippen LogP contribution in [0.2, 0.25) is 0 Å². The van der Waals surface area contributed by atoms with E-state index in [1.165, 1.54) is 12.8 Å². The minimum Gasteiger partial charge on any atom is -0.465 e. The molecule has 0 aromatic rings. The largest absolute Gasteiger partial charge is 0.465 e. The van der Waals surface area contributed by atoms with E-state index in [0.29, 0.717) is 26.1 Å². The predicted molar refractivity (Wildman–Crippen MR) is 116 cm³/mol. The van der Waals surface area contributed by atoms with Gasteiger partial charge in [0, 0.05) is 6.08 Å². The van der Waals surface area contributed by atoms with Gasteiger partial charge in [-0.05, 0) is 38.5 Å². The number of carbonyl (C=O) groups excluding carboxylic acids is 3. The number of esters is 3. The van der Waals surface area contributed by atoms with Crippen LogP contribution in [0.15, 0.2) is 12.7 Å². The van der Waals surface area contributed by atoms with E-state index < -0.39 is 17.5 Å². The summed E-state index contributed by atoms with van der Waals surface area (Å²) in [6, 6.07) is 0. The maximum atomic E-state index is 12.7. The van der Waals surface area contributed by atoms with Crippen LogP contribution in [0.3, 0.4) is 0 Å². The topological polar surface area (TPSA) is 78.9 Å². The van der Waals surface area contributed by atoms with Crippen molar-refractivity contribution in [2.75, 3.05) is 13.2 Å². The average molecular weight is 425 g/mol. The molecule has 0 aromatic carbocycles. The molecule has 0 aromatic heterocycles. The van der Waals surface area contributed by atoms with Crippen molar-refractivity contribution in [3.8, 4) is 0 Å². The Bertz CT molecular complexity index is 534. The fraction of sp³-hybridized carbons (Fsp3) is 0.792. The molecule has 1 aliphatic rings. The van der Waals surface area contributed by atoms with Crippen molar-refractivity contribution in [2.24, 2.45) is 5.92 Å². The Labute approximate surface area is 181 Å². The maximum Gasteiger partial charge on any atom is 0.350 e. The molecule has 0 saturated heterocycles. The van der Waals surface area contributed by atoms with Crippen LogP contribution in [0, 0.1) is 5.92 Å². The van der Waals surface area contributed by atoms with E-state index in [0.717, 1.165) is 51.0 Å². The van der Waals surface area contributed by atoms with Crippen molar-refractivity contribution in [2.45, 2.75) is 103 Å². The third kappa shape index (κ3) is 9.31. The van der Waals surface area contributed by atoms with Gasteiger partial charge in [0.2, 0.25) is 5.60 Å². The average Bonchev–Trinajstić information content (AvgIpc) is 2.76. The highest BCUT2D eigenvalue weighted by Gasteiger charge is 2.48. The lowest BCUT2D eigenvalue weighted by atomic mass is 9.78. The van der Waals surface area contributed by atoms with Crippen molar-refractivity contribution in [1.29, 1.82) is 0 Å². The molecule has 172 valence electrons. The van der Waals surface area contributed by atoms with Gasteiger partial charge in [0.15, 0.2) is 0 Å². The first-order chi connectivity index (χ1) is 14.5. The Morgan fingerprint density at radius 3 is 1.97 bits per heavy atom. The molecule has 6 nitrogen and oxygen atoms in total. The number of hydrogen-bond acceptors (Lipinski definition) is 6. The summed E-state index contributed by atoms with van der Waals surface area (Å²) in [5.74, 6) is -1.65. The summed E-state index contributed by atoms with van der Waals surface area (Å²) >= 11 is 0. The van der Waals surface area contributed by atoms with Crippen LogP contribution in [0.5, 0.6) is 0 Å². The second-order valence-electron chi connectivity index (χ2n) is 8.17. The lowest BCUT2D eigenvalue weighted by molar-refractivity contribution is -0.186. The highest BCUT2D eigenvalue weighted by molar-refractivity contribution is 5.88. The molecule has 0 unspecified atom stereocenters. The molecule has 0 spiro atoms. The number of unbranched alkanes of at least 4 members (excludes halogenated alkanes) is 7. The van der Waals surface area contributed by atoms with E-state index in [4.69, 9.17) is 14.2 Å². The molecule has 0 radical (unpaired) electrons. The van der Waals surface area contributed by atoms with Crippen LogP contribution < -0.4 is 0 Å². The minimum atomic E-state index is -1.33. The van der Waals surface area contributed by atoms with E-state index in [-0.39, 0.29) is 24.7 Å². The molecule has 1 rings (SSSR count). The van der Waals surface area contributed by atoms with Crippen LogP contribution in [-0.2, 0) is 28.6 Å². The van der Waals surface area contributed by atoms with E-state index in [2.05, 4.69) is 20.4 Å². The van der Waals surface area contributed by atoms with Gasteiger partial charge in [-0.1, -0.05) is 65.4 Å². The molecule has 30 heavy (non-hydrogen) atoms. The Morgan fingerprint density at radius 2 is 1.40 bits per heavy atom. The second-order valence-corrected chi connectivity index (χ2v) is 8.17. The first kappa shape index (κ1) is 26.2. The molecule has 0 bridgehead atoms. The molecule has 6 heteroatoms. The fourth-order valence-electron chi connectivity index (χ4n) is 3.72. The van der Waals surface area contributed by atoms with Crippen LogP contribution in [0.1, 0.15) is 97.3 Å². The molecular formula is C24H40O6. The first-order valence-electron chi connectivity index (χ1n) is 11.7. The fourth-order valence-corrected chi connectivity index (χ4v) is 3.72. The van der Waals surface area contributed by atoms with Gasteiger partial charge in [0.25, 0.3) is 0 Å². The number of carbonyl (C=O) groups is 3. The van der Waals surface area contributed by atoms with Crippen molar-refractivity contribution < 1.29 is 28.6 Å². The predicted octanol–water partition coefficient (Wildman–Crippen LogP) is 5.28. The van der Waals surface area contributed by atoms with Gasteiger partial charge in [-0.2, -0.15) is 0 Å². The van der Waals surface area contributed by atoms with E-state index in [1.807, 2.05) is 0 Å². The zero-order valence-electron chi connectivity index (χ0n) is 18.9.